The zero-order valence-electron chi connectivity index (χ0n) is 10.6. The van der Waals surface area contributed by atoms with Crippen molar-refractivity contribution in [2.75, 3.05) is 19.7 Å². The average Bonchev–Trinajstić information content (AvgIpc) is 2.46. The molecule has 1 aliphatic heterocycles. The number of hydrogen-bond donors (Lipinski definition) is 0. The third-order valence-corrected chi connectivity index (χ3v) is 5.63. The molecule has 1 unspecified atom stereocenters. The molecule has 10 heteroatoms. The molecule has 1 atom stereocenters. The molecular formula is C11H11FN2O5S2. The van der Waals surface area contributed by atoms with Crippen molar-refractivity contribution in [3.8, 4) is 6.07 Å². The largest absolute Gasteiger partial charge is 0.361 e. The van der Waals surface area contributed by atoms with Crippen LogP contribution in [0.25, 0.3) is 0 Å². The van der Waals surface area contributed by atoms with Gasteiger partial charge < -0.3 is 4.74 Å². The number of nitrogens with zero attached hydrogens (tertiary/aromatic N) is 2. The van der Waals surface area contributed by atoms with Crippen molar-refractivity contribution in [2.45, 2.75) is 15.9 Å². The summed E-state index contributed by atoms with van der Waals surface area (Å²) < 4.78 is 64.9. The number of nitriles is 1. The van der Waals surface area contributed by atoms with E-state index >= 15 is 0 Å². The van der Waals surface area contributed by atoms with Crippen LogP contribution in [-0.2, 0) is 25.0 Å². The number of halogens is 1. The Morgan fingerprint density at radius 3 is 2.29 bits per heavy atom. The van der Waals surface area contributed by atoms with Crippen molar-refractivity contribution in [1.82, 2.24) is 4.31 Å². The second kappa shape index (κ2) is 5.69. The van der Waals surface area contributed by atoms with Gasteiger partial charge in [-0.25, -0.2) is 8.42 Å². The fourth-order valence-corrected chi connectivity index (χ4v) is 3.73. The minimum Gasteiger partial charge on any atom is -0.361 e. The van der Waals surface area contributed by atoms with E-state index in [4.69, 9.17) is 10.00 Å². The highest BCUT2D eigenvalue weighted by Crippen LogP contribution is 2.21. The van der Waals surface area contributed by atoms with Crippen LogP contribution in [0.15, 0.2) is 34.1 Å². The molecule has 1 aliphatic rings. The summed E-state index contributed by atoms with van der Waals surface area (Å²) in [7, 11) is -8.76. The van der Waals surface area contributed by atoms with E-state index in [1.807, 2.05) is 6.07 Å². The molecule has 0 bridgehead atoms. The van der Waals surface area contributed by atoms with Gasteiger partial charge in [0.15, 0.2) is 6.10 Å². The summed E-state index contributed by atoms with van der Waals surface area (Å²) in [6, 6.07) is 5.61. The summed E-state index contributed by atoms with van der Waals surface area (Å²) in [5.41, 5.74) is 0. The first kappa shape index (κ1) is 15.8. The molecule has 0 aromatic heterocycles. The monoisotopic (exact) mass is 334 g/mol. The summed E-state index contributed by atoms with van der Waals surface area (Å²) in [4.78, 5) is -0.785. The topological polar surface area (TPSA) is 105 Å². The van der Waals surface area contributed by atoms with Gasteiger partial charge in [-0.3, -0.25) is 0 Å². The Hall–Kier alpha value is -1.54. The first-order valence-electron chi connectivity index (χ1n) is 5.81. The lowest BCUT2D eigenvalue weighted by molar-refractivity contribution is 0.0311. The van der Waals surface area contributed by atoms with Crippen molar-refractivity contribution in [1.29, 1.82) is 5.26 Å². The summed E-state index contributed by atoms with van der Waals surface area (Å²) in [5, 5.41) is 8.77. The molecule has 0 saturated carbocycles. The first-order chi connectivity index (χ1) is 9.75. The van der Waals surface area contributed by atoms with Crippen molar-refractivity contribution in [3.63, 3.8) is 0 Å². The SMILES string of the molecule is N#CC1CN(S(=O)(=O)c2ccc(S(=O)(=O)F)cc2)CCO1. The Labute approximate surface area is 121 Å². The Bertz CT molecular complexity index is 768. The van der Waals surface area contributed by atoms with Crippen LogP contribution >= 0.6 is 0 Å². The second-order valence-corrected chi connectivity index (χ2v) is 7.55. The average molecular weight is 334 g/mol. The van der Waals surface area contributed by atoms with Crippen LogP contribution in [0.2, 0.25) is 0 Å². The third-order valence-electron chi connectivity index (χ3n) is 2.92. The summed E-state index contributed by atoms with van der Waals surface area (Å²) in [6.07, 6.45) is -0.848. The van der Waals surface area contributed by atoms with Crippen LogP contribution in [0.3, 0.4) is 0 Å². The van der Waals surface area contributed by atoms with E-state index in [1.54, 1.807) is 0 Å². The summed E-state index contributed by atoms with van der Waals surface area (Å²) >= 11 is 0. The van der Waals surface area contributed by atoms with E-state index in [0.717, 1.165) is 28.6 Å². The maximum atomic E-state index is 12.8. The molecule has 1 fully saturated rings. The molecule has 1 saturated heterocycles. The highest BCUT2D eigenvalue weighted by Gasteiger charge is 2.31. The van der Waals surface area contributed by atoms with E-state index in [0.29, 0.717) is 0 Å². The standard InChI is InChI=1S/C11H11FN2O5S2/c12-20(15,16)10-1-3-11(4-2-10)21(17,18)14-5-6-19-9(7-13)8-14/h1-4,9H,5-6,8H2. The van der Waals surface area contributed by atoms with Crippen LogP contribution in [0, 0.1) is 11.3 Å². The van der Waals surface area contributed by atoms with E-state index in [1.165, 1.54) is 0 Å². The van der Waals surface area contributed by atoms with Gasteiger partial charge in [-0.15, -0.1) is 3.89 Å². The fourth-order valence-electron chi connectivity index (χ4n) is 1.85. The quantitative estimate of drug-likeness (QED) is 0.734. The molecule has 2 rings (SSSR count). The normalized spacial score (nSPS) is 20.9. The van der Waals surface area contributed by atoms with Gasteiger partial charge >= 0.3 is 10.2 Å². The molecule has 0 N–H and O–H groups in total. The maximum Gasteiger partial charge on any atom is 0.332 e. The molecular weight excluding hydrogens is 323 g/mol. The van der Waals surface area contributed by atoms with Crippen LogP contribution in [0.4, 0.5) is 3.89 Å². The Morgan fingerprint density at radius 1 is 1.19 bits per heavy atom. The Balaban J connectivity index is 2.30. The molecule has 7 nitrogen and oxygen atoms in total. The highest BCUT2D eigenvalue weighted by molar-refractivity contribution is 7.89. The molecule has 0 spiro atoms. The minimum absolute atomic E-state index is 0.0870. The predicted octanol–water partition coefficient (Wildman–Crippen LogP) is 0.258. The number of hydrogen-bond acceptors (Lipinski definition) is 6. The zero-order valence-corrected chi connectivity index (χ0v) is 12.3. The molecule has 1 aromatic carbocycles. The van der Waals surface area contributed by atoms with Crippen molar-refractivity contribution in [2.24, 2.45) is 0 Å². The van der Waals surface area contributed by atoms with E-state index in [2.05, 4.69) is 0 Å². The molecule has 114 valence electrons. The fraction of sp³-hybridized carbons (Fsp3) is 0.364. The second-order valence-electron chi connectivity index (χ2n) is 4.26. The first-order valence-corrected chi connectivity index (χ1v) is 8.63. The zero-order chi connectivity index (χ0) is 15.7. The lowest BCUT2D eigenvalue weighted by atomic mass is 10.3. The molecule has 21 heavy (non-hydrogen) atoms. The smallest absolute Gasteiger partial charge is 0.332 e. The van der Waals surface area contributed by atoms with Crippen LogP contribution < -0.4 is 0 Å². The van der Waals surface area contributed by atoms with Gasteiger partial charge in [-0.2, -0.15) is 18.0 Å². The Morgan fingerprint density at radius 2 is 1.76 bits per heavy atom. The predicted molar refractivity (Wildman–Crippen MR) is 68.8 cm³/mol. The van der Waals surface area contributed by atoms with Gasteiger partial charge in [0, 0.05) is 6.54 Å². The van der Waals surface area contributed by atoms with Gasteiger partial charge in [-0.05, 0) is 24.3 Å². The minimum atomic E-state index is -4.87. The number of sulfonamides is 1. The number of rotatable bonds is 3. The molecule has 0 radical (unpaired) electrons. The van der Waals surface area contributed by atoms with Crippen LogP contribution in [-0.4, -0.2) is 46.9 Å². The van der Waals surface area contributed by atoms with Crippen molar-refractivity contribution < 1.29 is 25.5 Å². The van der Waals surface area contributed by atoms with Gasteiger partial charge in [-0.1, -0.05) is 0 Å². The van der Waals surface area contributed by atoms with Gasteiger partial charge in [0.25, 0.3) is 0 Å². The molecule has 0 amide bonds. The van der Waals surface area contributed by atoms with E-state index in [9.17, 15) is 20.7 Å². The lowest BCUT2D eigenvalue weighted by Crippen LogP contribution is -2.44. The molecule has 1 aromatic rings. The molecule has 1 heterocycles. The summed E-state index contributed by atoms with van der Waals surface area (Å²) in [6.45, 7) is 0.0695. The highest BCUT2D eigenvalue weighted by atomic mass is 32.3. The third kappa shape index (κ3) is 3.38. The van der Waals surface area contributed by atoms with Crippen LogP contribution in [0.5, 0.6) is 0 Å². The number of benzene rings is 1. The summed E-state index contributed by atoms with van der Waals surface area (Å²) in [5.74, 6) is 0. The number of morpholine rings is 1. The van der Waals surface area contributed by atoms with E-state index in [-0.39, 0.29) is 24.6 Å². The van der Waals surface area contributed by atoms with Gasteiger partial charge in [0.2, 0.25) is 10.0 Å². The van der Waals surface area contributed by atoms with Crippen LogP contribution in [0.1, 0.15) is 0 Å². The molecule has 0 aliphatic carbocycles. The van der Waals surface area contributed by atoms with E-state index < -0.39 is 31.2 Å². The van der Waals surface area contributed by atoms with Crippen molar-refractivity contribution >= 4 is 20.2 Å². The van der Waals surface area contributed by atoms with Gasteiger partial charge in [0.05, 0.1) is 29.0 Å². The number of ether oxygens (including phenoxy) is 1. The lowest BCUT2D eigenvalue weighted by Gasteiger charge is -2.28. The van der Waals surface area contributed by atoms with Gasteiger partial charge in [0.1, 0.15) is 0 Å². The maximum absolute atomic E-state index is 12.8. The Kier molecular flexibility index (Phi) is 4.29. The van der Waals surface area contributed by atoms with Crippen molar-refractivity contribution in [3.05, 3.63) is 24.3 Å².